The summed E-state index contributed by atoms with van der Waals surface area (Å²) in [6, 6.07) is 3.68. The summed E-state index contributed by atoms with van der Waals surface area (Å²) in [5.41, 5.74) is 2.31. The van der Waals surface area contributed by atoms with Crippen molar-refractivity contribution in [3.8, 4) is 11.5 Å². The molecule has 0 unspecified atom stereocenters. The molecule has 0 amide bonds. The number of carbonyl (C=O) groups is 1. The molecule has 1 saturated carbocycles. The van der Waals surface area contributed by atoms with Crippen molar-refractivity contribution in [1.29, 1.82) is 0 Å². The molecule has 5 heteroatoms. The van der Waals surface area contributed by atoms with Gasteiger partial charge >= 0.3 is 5.97 Å². The number of rotatable bonds is 4. The summed E-state index contributed by atoms with van der Waals surface area (Å²) in [4.78, 5) is 11.5. The summed E-state index contributed by atoms with van der Waals surface area (Å²) in [5, 5.41) is 17.6. The summed E-state index contributed by atoms with van der Waals surface area (Å²) in [6.07, 6.45) is 4.48. The van der Waals surface area contributed by atoms with Crippen LogP contribution in [-0.2, 0) is 6.42 Å². The molecule has 0 spiro atoms. The molecular formula is C16H18N2O3. The predicted octanol–water partition coefficient (Wildman–Crippen LogP) is 3.39. The summed E-state index contributed by atoms with van der Waals surface area (Å²) < 4.78 is 5.72. The summed E-state index contributed by atoms with van der Waals surface area (Å²) >= 11 is 0. The first-order valence-corrected chi connectivity index (χ1v) is 7.22. The smallest absolute Gasteiger partial charge is 0.336 e. The highest BCUT2D eigenvalue weighted by atomic mass is 16.4. The number of aromatic carboxylic acids is 1. The maximum Gasteiger partial charge on any atom is 0.336 e. The molecule has 0 aliphatic heterocycles. The van der Waals surface area contributed by atoms with Crippen LogP contribution in [0.3, 0.4) is 0 Å². The third kappa shape index (κ3) is 2.55. The molecule has 3 rings (SSSR count). The minimum absolute atomic E-state index is 0.244. The minimum atomic E-state index is -0.968. The Balaban J connectivity index is 1.99. The minimum Gasteiger partial charge on any atom is -0.478 e. The van der Waals surface area contributed by atoms with Crippen LogP contribution in [0.2, 0.25) is 0 Å². The van der Waals surface area contributed by atoms with E-state index in [2.05, 4.69) is 10.2 Å². The van der Waals surface area contributed by atoms with E-state index in [1.165, 1.54) is 19.3 Å². The Hall–Kier alpha value is -2.17. The number of hydrogen-bond donors (Lipinski definition) is 1. The van der Waals surface area contributed by atoms with Crippen molar-refractivity contribution in [3.05, 3.63) is 34.7 Å². The van der Waals surface area contributed by atoms with Crippen molar-refractivity contribution in [3.63, 3.8) is 0 Å². The number of aromatic nitrogens is 2. The second kappa shape index (κ2) is 5.31. The molecule has 0 atom stereocenters. The first-order valence-electron chi connectivity index (χ1n) is 7.22. The molecule has 1 N–H and O–H groups in total. The van der Waals surface area contributed by atoms with Gasteiger partial charge in [0.25, 0.3) is 0 Å². The lowest BCUT2D eigenvalue weighted by molar-refractivity contribution is 0.0696. The quantitative estimate of drug-likeness (QED) is 0.932. The Morgan fingerprint density at radius 3 is 2.62 bits per heavy atom. The van der Waals surface area contributed by atoms with Crippen LogP contribution in [0.1, 0.15) is 46.6 Å². The van der Waals surface area contributed by atoms with Crippen LogP contribution >= 0.6 is 0 Å². The Bertz CT molecular complexity index is 687. The predicted molar refractivity (Wildman–Crippen MR) is 77.2 cm³/mol. The fourth-order valence-corrected chi connectivity index (χ4v) is 2.74. The van der Waals surface area contributed by atoms with E-state index in [1.54, 1.807) is 13.0 Å². The standard InChI is InChI=1S/C16H18N2O3/c1-9-6-7-10(2)14(16(19)20)13(9)15-18-17-12(21-15)8-11-4-3-5-11/h6-7,11H,3-5,8H2,1-2H3,(H,19,20). The van der Waals surface area contributed by atoms with Crippen LogP contribution in [0.4, 0.5) is 0 Å². The van der Waals surface area contributed by atoms with Gasteiger partial charge in [-0.2, -0.15) is 0 Å². The van der Waals surface area contributed by atoms with Crippen LogP contribution in [0.25, 0.3) is 11.5 Å². The molecule has 1 aliphatic rings. The summed E-state index contributed by atoms with van der Waals surface area (Å²) in [6.45, 7) is 3.63. The molecule has 0 radical (unpaired) electrons. The van der Waals surface area contributed by atoms with Gasteiger partial charge in [-0.3, -0.25) is 0 Å². The van der Waals surface area contributed by atoms with E-state index in [1.807, 2.05) is 13.0 Å². The number of hydrogen-bond acceptors (Lipinski definition) is 4. The third-order valence-corrected chi connectivity index (χ3v) is 4.20. The summed E-state index contributed by atoms with van der Waals surface area (Å²) in [5.74, 6) is 0.579. The number of aryl methyl sites for hydroxylation is 2. The zero-order chi connectivity index (χ0) is 15.0. The van der Waals surface area contributed by atoms with Gasteiger partial charge in [-0.05, 0) is 43.7 Å². The molecule has 1 aromatic heterocycles. The number of carboxylic acid groups (broad SMARTS) is 1. The van der Waals surface area contributed by atoms with Crippen LogP contribution in [0, 0.1) is 19.8 Å². The fourth-order valence-electron chi connectivity index (χ4n) is 2.74. The van der Waals surface area contributed by atoms with Gasteiger partial charge in [0, 0.05) is 6.42 Å². The van der Waals surface area contributed by atoms with E-state index in [9.17, 15) is 9.90 Å². The van der Waals surface area contributed by atoms with Crippen molar-refractivity contribution in [1.82, 2.24) is 10.2 Å². The highest BCUT2D eigenvalue weighted by molar-refractivity contribution is 5.97. The average Bonchev–Trinajstić information content (AvgIpc) is 2.84. The van der Waals surface area contributed by atoms with Gasteiger partial charge < -0.3 is 9.52 Å². The Labute approximate surface area is 123 Å². The molecule has 0 bridgehead atoms. The first-order chi connectivity index (χ1) is 10.1. The zero-order valence-corrected chi connectivity index (χ0v) is 12.2. The Morgan fingerprint density at radius 1 is 1.29 bits per heavy atom. The van der Waals surface area contributed by atoms with Gasteiger partial charge in [-0.25, -0.2) is 4.79 Å². The van der Waals surface area contributed by atoms with Crippen molar-refractivity contribution in [2.45, 2.75) is 39.5 Å². The molecule has 5 nitrogen and oxygen atoms in total. The van der Waals surface area contributed by atoms with Gasteiger partial charge in [0.1, 0.15) is 0 Å². The van der Waals surface area contributed by atoms with Gasteiger partial charge in [-0.1, -0.05) is 18.6 Å². The second-order valence-electron chi connectivity index (χ2n) is 5.76. The second-order valence-corrected chi connectivity index (χ2v) is 5.76. The third-order valence-electron chi connectivity index (χ3n) is 4.20. The first kappa shape index (κ1) is 13.8. The van der Waals surface area contributed by atoms with E-state index < -0.39 is 5.97 Å². The molecule has 0 saturated heterocycles. The zero-order valence-electron chi connectivity index (χ0n) is 12.2. The highest BCUT2D eigenvalue weighted by Crippen LogP contribution is 2.32. The average molecular weight is 286 g/mol. The van der Waals surface area contributed by atoms with E-state index in [0.29, 0.717) is 28.8 Å². The van der Waals surface area contributed by atoms with Gasteiger partial charge in [-0.15, -0.1) is 10.2 Å². The molecule has 21 heavy (non-hydrogen) atoms. The molecule has 1 heterocycles. The molecule has 110 valence electrons. The maximum atomic E-state index is 11.5. The van der Waals surface area contributed by atoms with Crippen molar-refractivity contribution >= 4 is 5.97 Å². The van der Waals surface area contributed by atoms with E-state index in [4.69, 9.17) is 4.42 Å². The van der Waals surface area contributed by atoms with E-state index in [0.717, 1.165) is 12.0 Å². The number of carboxylic acids is 1. The Morgan fingerprint density at radius 2 is 2.00 bits per heavy atom. The maximum absolute atomic E-state index is 11.5. The monoisotopic (exact) mass is 286 g/mol. The van der Waals surface area contributed by atoms with E-state index in [-0.39, 0.29) is 5.56 Å². The largest absolute Gasteiger partial charge is 0.478 e. The number of benzene rings is 1. The molecular weight excluding hydrogens is 268 g/mol. The fraction of sp³-hybridized carbons (Fsp3) is 0.438. The highest BCUT2D eigenvalue weighted by Gasteiger charge is 2.24. The molecule has 2 aromatic rings. The van der Waals surface area contributed by atoms with Gasteiger partial charge in [0.15, 0.2) is 0 Å². The van der Waals surface area contributed by atoms with Crippen LogP contribution in [-0.4, -0.2) is 21.3 Å². The molecule has 1 aromatic carbocycles. The van der Waals surface area contributed by atoms with Gasteiger partial charge in [0.05, 0.1) is 11.1 Å². The lowest BCUT2D eigenvalue weighted by Gasteiger charge is -2.23. The number of nitrogens with zero attached hydrogens (tertiary/aromatic N) is 2. The van der Waals surface area contributed by atoms with Crippen molar-refractivity contribution in [2.24, 2.45) is 5.92 Å². The molecule has 1 aliphatic carbocycles. The SMILES string of the molecule is Cc1ccc(C)c(-c2nnc(CC3CCC3)o2)c1C(=O)O. The van der Waals surface area contributed by atoms with Crippen molar-refractivity contribution in [2.75, 3.05) is 0 Å². The summed E-state index contributed by atoms with van der Waals surface area (Å²) in [7, 11) is 0. The van der Waals surface area contributed by atoms with Crippen LogP contribution in [0.15, 0.2) is 16.5 Å². The van der Waals surface area contributed by atoms with Crippen molar-refractivity contribution < 1.29 is 14.3 Å². The Kier molecular flexibility index (Phi) is 3.49. The van der Waals surface area contributed by atoms with Crippen LogP contribution in [0.5, 0.6) is 0 Å². The van der Waals surface area contributed by atoms with E-state index >= 15 is 0 Å². The lowest BCUT2D eigenvalue weighted by Crippen LogP contribution is -2.13. The lowest BCUT2D eigenvalue weighted by atomic mass is 9.83. The van der Waals surface area contributed by atoms with Crippen LogP contribution < -0.4 is 0 Å². The van der Waals surface area contributed by atoms with Gasteiger partial charge in [0.2, 0.25) is 11.8 Å². The normalized spacial score (nSPS) is 15.0. The molecule has 1 fully saturated rings. The topological polar surface area (TPSA) is 76.2 Å².